The van der Waals surface area contributed by atoms with Gasteiger partial charge in [-0.15, -0.1) is 0 Å². The third-order valence-electron chi connectivity index (χ3n) is 22.6. The Kier molecular flexibility index (Phi) is 78.2. The lowest BCUT2D eigenvalue weighted by Gasteiger charge is -2.46. The second kappa shape index (κ2) is 72.3. The summed E-state index contributed by atoms with van der Waals surface area (Å²) in [6, 6.07) is 6.60. The zero-order valence-electron chi connectivity index (χ0n) is 88.9. The lowest BCUT2D eigenvalue weighted by Crippen LogP contribution is -2.52. The summed E-state index contributed by atoms with van der Waals surface area (Å²) in [5, 5.41) is 31.5. The van der Waals surface area contributed by atoms with Crippen LogP contribution in [0.1, 0.15) is 270 Å². The number of hydrogen-bond donors (Lipinski definition) is 4. The van der Waals surface area contributed by atoms with Crippen molar-refractivity contribution < 1.29 is 111 Å². The number of ether oxygens (including phenoxy) is 9. The van der Waals surface area contributed by atoms with Gasteiger partial charge in [-0.25, -0.2) is 38.8 Å². The third-order valence-corrected chi connectivity index (χ3v) is 57.0. The lowest BCUT2D eigenvalue weighted by molar-refractivity contribution is -0.150. The first-order chi connectivity index (χ1) is 60.6. The molecule has 29 nitrogen and oxygen atoms in total. The van der Waals surface area contributed by atoms with E-state index >= 15 is 0 Å². The molecule has 4 N–H and O–H groups in total. The molecule has 0 heterocycles. The summed E-state index contributed by atoms with van der Waals surface area (Å²) in [5.74, 6) is -1.28. The molecule has 0 radical (unpaired) electrons. The Bertz CT molecular complexity index is 3500. The van der Waals surface area contributed by atoms with Crippen molar-refractivity contribution in [1.29, 1.82) is 5.26 Å². The van der Waals surface area contributed by atoms with Crippen LogP contribution in [0.15, 0.2) is 34.3 Å². The van der Waals surface area contributed by atoms with Crippen LogP contribution < -0.4 is 10.6 Å². The number of esters is 3. The number of aliphatic hydroxyl groups excluding tert-OH is 2. The molecule has 3 saturated carbocycles. The summed E-state index contributed by atoms with van der Waals surface area (Å²) >= 11 is 0. The van der Waals surface area contributed by atoms with Crippen molar-refractivity contribution in [2.24, 2.45) is 42.5 Å². The molecular weight excluding hydrogens is 1910 g/mol. The number of isocyanates is 2. The van der Waals surface area contributed by atoms with E-state index in [-0.39, 0.29) is 154 Å². The van der Waals surface area contributed by atoms with Gasteiger partial charge in [0.2, 0.25) is 12.2 Å². The summed E-state index contributed by atoms with van der Waals surface area (Å²) in [4.78, 5) is 87.5. The minimum atomic E-state index is -2.20. The Hall–Kier alpha value is -4.01. The minimum absolute atomic E-state index is 0. The standard InChI is InChI=1S/C34H67NO9Si3.C27H56N2O6Si3.C15H38O4Si3.C12H18N2O2.C6H10O3.6CH4/c1-13-14-23-45(7,8)43-47(11,12)44-46(9,10)24-15-18-39-19-20-42-32(38)35-29-25-33(4,5)27-34(6,26-29)17-16-30(36)40-21-22-41-31(37)28(2)3;1-11-12-17-36(5,6)34-38(9,10)35-37(7,8)18-13-14-32-15-16-33-25(31)29-24-19-26(2,3)21-27(4,20-24)22-28-23-30;1-8-9-14-20(2,3)18-22(6,7)19-21(4,5)15-10-12-17-13-11-16;1-11(2)4-10(16-8-13)5-12(3,6-11)7-14-9-15;1-5(2)6(8)9-4-3-7;;;;;;/h29H,2,13-27H2,1,3-12H3,(H,35,38);24H,11-22H2,1-10H3,(H,29,31);16H,8-15H2,1-7H3;10H,4-7H2,1-3H3;7H,1,3-4H2,2H3;6*1H4. The van der Waals surface area contributed by atoms with E-state index in [2.05, 4.69) is 239 Å². The highest BCUT2D eigenvalue weighted by Crippen LogP contribution is 2.50. The zero-order chi connectivity index (χ0) is 102. The van der Waals surface area contributed by atoms with Crippen LogP contribution in [0.2, 0.25) is 154 Å². The van der Waals surface area contributed by atoms with Crippen molar-refractivity contribution in [2.45, 2.75) is 442 Å². The van der Waals surface area contributed by atoms with Gasteiger partial charge in [-0.3, -0.25) is 4.79 Å². The maximum atomic E-state index is 12.6. The van der Waals surface area contributed by atoms with Gasteiger partial charge in [0, 0.05) is 49.5 Å². The third kappa shape index (κ3) is 77.5. The minimum Gasteiger partial charge on any atom is -0.462 e. The molecule has 6 unspecified atom stereocenters. The molecule has 0 aromatic rings. The number of aliphatic imine (C=N–C) groups is 2. The molecule has 38 heteroatoms. The number of hydrogen-bond acceptors (Lipinski definition) is 27. The van der Waals surface area contributed by atoms with Gasteiger partial charge in [0.15, 0.2) is 49.9 Å². The second-order valence-electron chi connectivity index (χ2n) is 45.1. The fourth-order valence-electron chi connectivity index (χ4n) is 19.3. The maximum Gasteiger partial charge on any atom is 0.407 e. The van der Waals surface area contributed by atoms with E-state index < -0.39 is 99.7 Å². The normalized spacial score (nSPS) is 19.3. The van der Waals surface area contributed by atoms with Crippen LogP contribution in [0.3, 0.4) is 0 Å². The largest absolute Gasteiger partial charge is 0.462 e. The van der Waals surface area contributed by atoms with Crippen molar-refractivity contribution in [3.63, 3.8) is 0 Å². The molecule has 3 aliphatic rings. The van der Waals surface area contributed by atoms with Crippen molar-refractivity contribution in [2.75, 3.05) is 99.0 Å². The van der Waals surface area contributed by atoms with Crippen molar-refractivity contribution in [3.8, 4) is 6.26 Å². The summed E-state index contributed by atoms with van der Waals surface area (Å²) in [6.07, 6.45) is 22.8. The van der Waals surface area contributed by atoms with Gasteiger partial charge in [0.25, 0.3) is 6.26 Å². The Balaban J connectivity index is -0.000000275. The number of carbonyl (C=O) groups excluding carboxylic acids is 7. The van der Waals surface area contributed by atoms with E-state index in [1.807, 2.05) is 0 Å². The monoisotopic (exact) mass is 2120 g/mol. The van der Waals surface area contributed by atoms with Crippen molar-refractivity contribution in [3.05, 3.63) is 24.3 Å². The fraction of sp³-hybridized carbons (Fsp3) is 0.880. The summed E-state index contributed by atoms with van der Waals surface area (Å²) < 4.78 is 87.1. The smallest absolute Gasteiger partial charge is 0.407 e. The Morgan fingerprint density at radius 3 is 0.978 bits per heavy atom. The fourth-order valence-corrected chi connectivity index (χ4v) is 62.0. The first kappa shape index (κ1) is 149. The Morgan fingerprint density at radius 1 is 0.384 bits per heavy atom. The van der Waals surface area contributed by atoms with Crippen molar-refractivity contribution in [1.82, 2.24) is 10.6 Å². The number of nitriles is 1. The number of unbranched alkanes of at least 4 members (excludes halogenated alkanes) is 3. The predicted octanol–water partition coefficient (Wildman–Crippen LogP) is 25.7. The molecule has 138 heavy (non-hydrogen) atoms. The highest BCUT2D eigenvalue weighted by Gasteiger charge is 2.47. The molecule has 0 bridgehead atoms. The van der Waals surface area contributed by atoms with E-state index in [4.69, 9.17) is 78.1 Å². The lowest BCUT2D eigenvalue weighted by atomic mass is 9.61. The molecule has 3 aliphatic carbocycles. The van der Waals surface area contributed by atoms with Crippen LogP contribution in [0.5, 0.6) is 0 Å². The highest BCUT2D eigenvalue weighted by atomic mass is 28.5. The molecule has 0 saturated heterocycles. The van der Waals surface area contributed by atoms with Gasteiger partial charge in [-0.1, -0.05) is 179 Å². The van der Waals surface area contributed by atoms with E-state index in [1.54, 1.807) is 32.3 Å². The zero-order valence-corrected chi connectivity index (χ0v) is 97.9. The number of rotatable bonds is 58. The molecule has 0 aromatic heterocycles. The van der Waals surface area contributed by atoms with Crippen molar-refractivity contribution >= 4 is 118 Å². The molecule has 3 rings (SSSR count). The highest BCUT2D eigenvalue weighted by molar-refractivity contribution is 6.89. The predicted molar refractivity (Wildman–Crippen MR) is 590 cm³/mol. The van der Waals surface area contributed by atoms with E-state index in [0.29, 0.717) is 70.3 Å². The van der Waals surface area contributed by atoms with Crippen LogP contribution in [0.4, 0.5) is 9.59 Å². The quantitative estimate of drug-likeness (QED) is 0.00642. The first-order valence-corrected chi connectivity index (χ1v) is 75.7. The summed E-state index contributed by atoms with van der Waals surface area (Å²) in [6.45, 7) is 81.1. The van der Waals surface area contributed by atoms with Gasteiger partial charge >= 0.3 is 55.8 Å². The van der Waals surface area contributed by atoms with Gasteiger partial charge in [-0.05, 0) is 284 Å². The maximum absolute atomic E-state index is 12.6. The van der Waals surface area contributed by atoms with Crippen LogP contribution in [0, 0.1) is 44.0 Å². The van der Waals surface area contributed by atoms with Gasteiger partial charge in [0.05, 0.1) is 46.1 Å². The van der Waals surface area contributed by atoms with E-state index in [1.165, 1.54) is 56.7 Å². The topological polar surface area (TPSA) is 371 Å². The van der Waals surface area contributed by atoms with Crippen LogP contribution in [-0.2, 0) is 91.3 Å². The van der Waals surface area contributed by atoms with E-state index in [0.717, 1.165) is 95.2 Å². The molecular formula is C100H213N5O24Si9. The molecule has 818 valence electrons. The molecule has 2 amide bonds. The number of aliphatic hydroxyl groups is 2. The van der Waals surface area contributed by atoms with E-state index in [9.17, 15) is 33.6 Å². The number of carbonyl (C=O) groups is 5. The summed E-state index contributed by atoms with van der Waals surface area (Å²) in [7, 11) is -16.9. The van der Waals surface area contributed by atoms with Gasteiger partial charge in [-0.2, -0.15) is 5.26 Å². The molecule has 6 atom stereocenters. The van der Waals surface area contributed by atoms with Crippen LogP contribution in [-0.4, -0.2) is 245 Å². The molecule has 0 aliphatic heterocycles. The average molecular weight is 2120 g/mol. The number of nitrogens with zero attached hydrogens (tertiary/aromatic N) is 3. The van der Waals surface area contributed by atoms with Crippen LogP contribution >= 0.6 is 0 Å². The first-order valence-electron chi connectivity index (χ1n) is 48.6. The molecule has 3 fully saturated rings. The number of alkyl carbamates (subject to hydrolysis) is 2. The molecule has 0 spiro atoms. The Labute approximate surface area is 853 Å². The Morgan fingerprint density at radius 2 is 0.667 bits per heavy atom. The summed E-state index contributed by atoms with van der Waals surface area (Å²) in [5.41, 5.74) is 0.454. The van der Waals surface area contributed by atoms with Gasteiger partial charge < -0.3 is 88.2 Å². The van der Waals surface area contributed by atoms with Crippen LogP contribution in [0.25, 0.3) is 0 Å². The SMILES string of the molecule is C.C.C.C.C.C.C=C(C)C(=O)OCCO.C=C(C)C(=O)OCCOC(=O)CCC1(C)CC(NC(=O)OCCOCCC[Si](C)(C)O[Si](C)(C)O[Si](C)(C)CCCC)CC(C)(C)C1.CC1(C)CC(OC#N)CC(C)(CN=C=O)C1.CCCC[Si](C)(C)O[Si](C)(C)O[Si](C)(C)CCCOCCO.CCCC[Si](C)(C)O[Si](C)(C)O[Si](C)(C)CCCOCCOC(=O)NC1CC(C)(C)CC(C)(CN=C=O)C1. The second-order valence-corrected chi connectivity index (χ2v) is 82.5. The van der Waals surface area contributed by atoms with Gasteiger partial charge in [0.1, 0.15) is 39.1 Å². The number of amides is 2. The number of nitrogens with one attached hydrogen (secondary N) is 2. The average Bonchev–Trinajstić information content (AvgIpc) is 0.850. The molecule has 0 aromatic carbocycles.